The first-order valence-electron chi connectivity index (χ1n) is 9.37. The Morgan fingerprint density at radius 1 is 1.17 bits per heavy atom. The van der Waals surface area contributed by atoms with E-state index in [1.165, 1.54) is 28.0 Å². The highest BCUT2D eigenvalue weighted by atomic mass is 19.2. The largest absolute Gasteiger partial charge is 0.458 e. The van der Waals surface area contributed by atoms with E-state index in [4.69, 9.17) is 4.74 Å². The lowest BCUT2D eigenvalue weighted by Gasteiger charge is -2.48. The maximum Gasteiger partial charge on any atom is 0.354 e. The lowest BCUT2D eigenvalue weighted by Crippen LogP contribution is -2.68. The molecule has 1 fully saturated rings. The molecule has 8 heteroatoms. The third kappa shape index (κ3) is 2.79. The van der Waals surface area contributed by atoms with Crippen molar-refractivity contribution in [3.8, 4) is 0 Å². The smallest absolute Gasteiger partial charge is 0.354 e. The first kappa shape index (κ1) is 19.8. The standard InChI is InChI=1S/C22H18F2N2O4/c1-2-12-25-20(28)15-7-3-4-9-17(15)26-18(27)10-11-22(25,26)21(29)30-13-14-6-5-8-16(23)19(14)24/h2-9H,1,10-13H2/t22-/m1/s1. The fourth-order valence-corrected chi connectivity index (χ4v) is 4.05. The summed E-state index contributed by atoms with van der Waals surface area (Å²) >= 11 is 0. The van der Waals surface area contributed by atoms with Crippen molar-refractivity contribution in [2.24, 2.45) is 0 Å². The summed E-state index contributed by atoms with van der Waals surface area (Å²) in [7, 11) is 0. The van der Waals surface area contributed by atoms with Crippen molar-refractivity contribution < 1.29 is 27.9 Å². The Balaban J connectivity index is 1.75. The first-order chi connectivity index (χ1) is 14.4. The molecule has 2 heterocycles. The molecule has 30 heavy (non-hydrogen) atoms. The number of esters is 1. The van der Waals surface area contributed by atoms with Crippen LogP contribution in [-0.4, -0.2) is 34.9 Å². The zero-order valence-corrected chi connectivity index (χ0v) is 15.9. The molecule has 0 unspecified atom stereocenters. The molecule has 2 aromatic carbocycles. The molecule has 0 saturated carbocycles. The van der Waals surface area contributed by atoms with E-state index >= 15 is 0 Å². The predicted octanol–water partition coefficient (Wildman–Crippen LogP) is 3.17. The minimum atomic E-state index is -1.71. The average Bonchev–Trinajstić information content (AvgIpc) is 3.10. The Hall–Kier alpha value is -3.55. The number of anilines is 1. The monoisotopic (exact) mass is 412 g/mol. The van der Waals surface area contributed by atoms with Crippen molar-refractivity contribution in [2.75, 3.05) is 11.4 Å². The Kier molecular flexibility index (Phi) is 4.85. The van der Waals surface area contributed by atoms with Gasteiger partial charge < -0.3 is 9.64 Å². The van der Waals surface area contributed by atoms with Crippen LogP contribution >= 0.6 is 0 Å². The molecule has 0 spiro atoms. The van der Waals surface area contributed by atoms with Gasteiger partial charge in [0.05, 0.1) is 11.3 Å². The number of rotatable bonds is 5. The summed E-state index contributed by atoms with van der Waals surface area (Å²) in [6.07, 6.45) is 1.50. The van der Waals surface area contributed by atoms with E-state index in [9.17, 15) is 23.2 Å². The minimum absolute atomic E-state index is 0.000371. The van der Waals surface area contributed by atoms with E-state index in [2.05, 4.69) is 6.58 Å². The number of fused-ring (bicyclic) bond motifs is 3. The van der Waals surface area contributed by atoms with Gasteiger partial charge in [-0.3, -0.25) is 14.5 Å². The van der Waals surface area contributed by atoms with Gasteiger partial charge in [-0.2, -0.15) is 0 Å². The fourth-order valence-electron chi connectivity index (χ4n) is 4.05. The van der Waals surface area contributed by atoms with Crippen LogP contribution in [0.1, 0.15) is 28.8 Å². The maximum atomic E-state index is 14.0. The number of hydrogen-bond donors (Lipinski definition) is 0. The molecule has 0 bridgehead atoms. The predicted molar refractivity (Wildman–Crippen MR) is 103 cm³/mol. The van der Waals surface area contributed by atoms with Gasteiger partial charge in [-0.25, -0.2) is 13.6 Å². The summed E-state index contributed by atoms with van der Waals surface area (Å²) in [5, 5.41) is 0. The van der Waals surface area contributed by atoms with Crippen LogP contribution < -0.4 is 4.90 Å². The summed E-state index contributed by atoms with van der Waals surface area (Å²) in [6.45, 7) is 3.11. The van der Waals surface area contributed by atoms with Crippen LogP contribution in [0.3, 0.4) is 0 Å². The molecule has 154 valence electrons. The highest BCUT2D eigenvalue weighted by Gasteiger charge is 2.61. The molecule has 2 aliphatic rings. The van der Waals surface area contributed by atoms with E-state index in [0.29, 0.717) is 5.69 Å². The van der Waals surface area contributed by atoms with E-state index in [0.717, 1.165) is 6.07 Å². The van der Waals surface area contributed by atoms with Crippen molar-refractivity contribution in [1.82, 2.24) is 4.90 Å². The van der Waals surface area contributed by atoms with Gasteiger partial charge in [0.1, 0.15) is 6.61 Å². The van der Waals surface area contributed by atoms with Crippen LogP contribution in [-0.2, 0) is 20.9 Å². The molecular weight excluding hydrogens is 394 g/mol. The van der Waals surface area contributed by atoms with Gasteiger partial charge in [0, 0.05) is 24.9 Å². The fraction of sp³-hybridized carbons (Fsp3) is 0.227. The van der Waals surface area contributed by atoms with Crippen LogP contribution in [0.2, 0.25) is 0 Å². The average molecular weight is 412 g/mol. The molecule has 0 N–H and O–H groups in total. The van der Waals surface area contributed by atoms with Gasteiger partial charge in [-0.05, 0) is 18.2 Å². The Morgan fingerprint density at radius 2 is 1.93 bits per heavy atom. The summed E-state index contributed by atoms with van der Waals surface area (Å²) in [6, 6.07) is 10.1. The first-order valence-corrected chi connectivity index (χ1v) is 9.37. The lowest BCUT2D eigenvalue weighted by atomic mass is 9.96. The van der Waals surface area contributed by atoms with E-state index in [-0.39, 0.29) is 36.4 Å². The number of halogens is 2. The second kappa shape index (κ2) is 7.37. The van der Waals surface area contributed by atoms with Crippen LogP contribution in [0.25, 0.3) is 0 Å². The van der Waals surface area contributed by atoms with Crippen LogP contribution in [0.15, 0.2) is 55.1 Å². The molecule has 2 aliphatic heterocycles. The number of hydrogen-bond acceptors (Lipinski definition) is 4. The van der Waals surface area contributed by atoms with E-state index < -0.39 is 35.8 Å². The summed E-state index contributed by atoms with van der Waals surface area (Å²) < 4.78 is 32.8. The molecule has 1 saturated heterocycles. The Morgan fingerprint density at radius 3 is 2.70 bits per heavy atom. The van der Waals surface area contributed by atoms with Crippen molar-refractivity contribution in [2.45, 2.75) is 25.1 Å². The van der Waals surface area contributed by atoms with Crippen LogP contribution in [0, 0.1) is 11.6 Å². The molecule has 2 aromatic rings. The third-order valence-corrected chi connectivity index (χ3v) is 5.40. The Labute approximate surface area is 171 Å². The zero-order valence-electron chi connectivity index (χ0n) is 15.9. The molecule has 0 aliphatic carbocycles. The van der Waals surface area contributed by atoms with Gasteiger partial charge >= 0.3 is 5.97 Å². The highest BCUT2D eigenvalue weighted by Crippen LogP contribution is 2.45. The number of carbonyl (C=O) groups excluding carboxylic acids is 3. The van der Waals surface area contributed by atoms with Gasteiger partial charge in [0.25, 0.3) is 5.91 Å². The number of ether oxygens (including phenoxy) is 1. The van der Waals surface area contributed by atoms with Crippen molar-refractivity contribution >= 4 is 23.5 Å². The van der Waals surface area contributed by atoms with E-state index in [1.54, 1.807) is 24.3 Å². The second-order valence-corrected chi connectivity index (χ2v) is 7.06. The summed E-state index contributed by atoms with van der Waals surface area (Å²) in [4.78, 5) is 41.7. The molecule has 0 aromatic heterocycles. The molecule has 0 radical (unpaired) electrons. The molecular formula is C22H18F2N2O4. The zero-order chi connectivity index (χ0) is 21.5. The lowest BCUT2D eigenvalue weighted by molar-refractivity contribution is -0.158. The second-order valence-electron chi connectivity index (χ2n) is 7.06. The topological polar surface area (TPSA) is 66.9 Å². The van der Waals surface area contributed by atoms with E-state index in [1.807, 2.05) is 0 Å². The normalized spacial score (nSPS) is 20.1. The SMILES string of the molecule is C=CCN1C(=O)c2ccccc2N2C(=O)CC[C@@]12C(=O)OCc1cccc(F)c1F. The summed E-state index contributed by atoms with van der Waals surface area (Å²) in [5.74, 6) is -3.84. The number of nitrogens with zero attached hydrogens (tertiary/aromatic N) is 2. The van der Waals surface area contributed by atoms with Gasteiger partial charge in [0.2, 0.25) is 11.6 Å². The number of amides is 2. The highest BCUT2D eigenvalue weighted by molar-refractivity contribution is 6.15. The van der Waals surface area contributed by atoms with Gasteiger partial charge in [-0.1, -0.05) is 30.3 Å². The van der Waals surface area contributed by atoms with Crippen molar-refractivity contribution in [3.05, 3.63) is 77.9 Å². The van der Waals surface area contributed by atoms with Crippen LogP contribution in [0.5, 0.6) is 0 Å². The summed E-state index contributed by atoms with van der Waals surface area (Å²) in [5.41, 5.74) is -1.25. The quantitative estimate of drug-likeness (QED) is 0.559. The number of para-hydroxylation sites is 1. The molecule has 1 atom stereocenters. The number of carbonyl (C=O) groups is 3. The molecule has 6 nitrogen and oxygen atoms in total. The molecule has 4 rings (SSSR count). The third-order valence-electron chi connectivity index (χ3n) is 5.40. The molecule has 2 amide bonds. The minimum Gasteiger partial charge on any atom is -0.458 e. The maximum absolute atomic E-state index is 14.0. The van der Waals surface area contributed by atoms with Crippen molar-refractivity contribution in [1.29, 1.82) is 0 Å². The van der Waals surface area contributed by atoms with Crippen molar-refractivity contribution in [3.63, 3.8) is 0 Å². The number of benzene rings is 2. The van der Waals surface area contributed by atoms with Crippen LogP contribution in [0.4, 0.5) is 14.5 Å². The van der Waals surface area contributed by atoms with Gasteiger partial charge in [-0.15, -0.1) is 6.58 Å². The van der Waals surface area contributed by atoms with Gasteiger partial charge in [0.15, 0.2) is 11.6 Å². The Bertz CT molecular complexity index is 1070.